The highest BCUT2D eigenvalue weighted by molar-refractivity contribution is 7.81. The maximum absolute atomic E-state index is 11.9. The summed E-state index contributed by atoms with van der Waals surface area (Å²) in [7, 11) is -4.01. The summed E-state index contributed by atoms with van der Waals surface area (Å²) in [5, 5.41) is 2.77. The second kappa shape index (κ2) is 20.0. The van der Waals surface area contributed by atoms with Gasteiger partial charge >= 0.3 is 10.4 Å². The van der Waals surface area contributed by atoms with Crippen LogP contribution in [0, 0.1) is 0 Å². The standard InChI is InChI=1S/C24H49NO5S/c1-5-6-7-8-9-10-11-12-13-14-15-16-17-18-19-20-24(26)25-23(4)21-29-31(27,28)30-22(2)3/h22-23H,5-21H2,1-4H3,(H,25,26). The fourth-order valence-corrected chi connectivity index (χ4v) is 4.39. The van der Waals surface area contributed by atoms with Crippen molar-refractivity contribution >= 4 is 16.3 Å². The van der Waals surface area contributed by atoms with E-state index in [-0.39, 0.29) is 18.6 Å². The van der Waals surface area contributed by atoms with Gasteiger partial charge in [0.2, 0.25) is 5.91 Å². The van der Waals surface area contributed by atoms with Gasteiger partial charge in [0.1, 0.15) is 0 Å². The van der Waals surface area contributed by atoms with Gasteiger partial charge in [-0.05, 0) is 27.2 Å². The molecular weight excluding hydrogens is 414 g/mol. The van der Waals surface area contributed by atoms with Gasteiger partial charge < -0.3 is 5.32 Å². The van der Waals surface area contributed by atoms with E-state index in [4.69, 9.17) is 8.37 Å². The van der Waals surface area contributed by atoms with Crippen LogP contribution < -0.4 is 5.32 Å². The summed E-state index contributed by atoms with van der Waals surface area (Å²) in [5.74, 6) is -0.0621. The van der Waals surface area contributed by atoms with E-state index in [1.807, 2.05) is 0 Å². The summed E-state index contributed by atoms with van der Waals surface area (Å²) in [6.07, 6.45) is 19.4. The summed E-state index contributed by atoms with van der Waals surface area (Å²) in [5.41, 5.74) is 0. The third kappa shape index (κ3) is 22.3. The Morgan fingerprint density at radius 1 is 0.742 bits per heavy atom. The number of unbranched alkanes of at least 4 members (excludes halogenated alkanes) is 14. The Bertz CT molecular complexity index is 522. The largest absolute Gasteiger partial charge is 0.400 e. The van der Waals surface area contributed by atoms with Gasteiger partial charge in [-0.3, -0.25) is 4.79 Å². The Labute approximate surface area is 192 Å². The highest BCUT2D eigenvalue weighted by Gasteiger charge is 2.17. The van der Waals surface area contributed by atoms with Crippen LogP contribution in [0.1, 0.15) is 130 Å². The van der Waals surface area contributed by atoms with Gasteiger partial charge in [0.15, 0.2) is 0 Å². The van der Waals surface area contributed by atoms with Crippen molar-refractivity contribution in [3.05, 3.63) is 0 Å². The van der Waals surface area contributed by atoms with E-state index in [1.54, 1.807) is 20.8 Å². The van der Waals surface area contributed by atoms with Crippen molar-refractivity contribution in [1.29, 1.82) is 0 Å². The molecule has 0 saturated heterocycles. The van der Waals surface area contributed by atoms with Crippen molar-refractivity contribution in [3.8, 4) is 0 Å². The van der Waals surface area contributed by atoms with Gasteiger partial charge in [0.05, 0.1) is 18.8 Å². The second-order valence-electron chi connectivity index (χ2n) is 9.01. The Balaban J connectivity index is 3.46. The van der Waals surface area contributed by atoms with Crippen molar-refractivity contribution in [1.82, 2.24) is 5.32 Å². The zero-order valence-corrected chi connectivity index (χ0v) is 21.4. The lowest BCUT2D eigenvalue weighted by molar-refractivity contribution is -0.122. The van der Waals surface area contributed by atoms with E-state index < -0.39 is 16.5 Å². The minimum atomic E-state index is -4.01. The highest BCUT2D eigenvalue weighted by Crippen LogP contribution is 2.13. The first-order valence-corrected chi connectivity index (χ1v) is 14.0. The minimum Gasteiger partial charge on any atom is -0.351 e. The number of carbonyl (C=O) groups is 1. The van der Waals surface area contributed by atoms with Crippen molar-refractivity contribution in [3.63, 3.8) is 0 Å². The third-order valence-electron chi connectivity index (χ3n) is 5.19. The average Bonchev–Trinajstić information content (AvgIpc) is 2.68. The molecule has 0 aromatic rings. The molecule has 0 aliphatic rings. The van der Waals surface area contributed by atoms with Crippen molar-refractivity contribution in [2.75, 3.05) is 6.61 Å². The fourth-order valence-electron chi connectivity index (χ4n) is 3.49. The summed E-state index contributed by atoms with van der Waals surface area (Å²) in [4.78, 5) is 11.9. The van der Waals surface area contributed by atoms with Crippen LogP contribution in [0.4, 0.5) is 0 Å². The number of nitrogens with one attached hydrogen (secondary N) is 1. The van der Waals surface area contributed by atoms with Crippen molar-refractivity contribution in [2.45, 2.75) is 143 Å². The molecule has 7 heteroatoms. The molecule has 0 rings (SSSR count). The molecular formula is C24H49NO5S. The van der Waals surface area contributed by atoms with Crippen LogP contribution in [0.5, 0.6) is 0 Å². The third-order valence-corrected chi connectivity index (χ3v) is 6.23. The molecule has 186 valence electrons. The molecule has 1 atom stereocenters. The molecule has 0 fully saturated rings. The van der Waals surface area contributed by atoms with Gasteiger partial charge in [0.25, 0.3) is 0 Å². The van der Waals surface area contributed by atoms with E-state index in [0.717, 1.165) is 12.8 Å². The van der Waals surface area contributed by atoms with Crippen LogP contribution in [0.15, 0.2) is 0 Å². The van der Waals surface area contributed by atoms with E-state index in [1.165, 1.54) is 83.5 Å². The van der Waals surface area contributed by atoms with Crippen LogP contribution in [-0.2, 0) is 23.6 Å². The molecule has 0 bridgehead atoms. The SMILES string of the molecule is CCCCCCCCCCCCCCCCCC(=O)NC(C)COS(=O)(=O)OC(C)C. The first-order chi connectivity index (χ1) is 14.8. The predicted molar refractivity (Wildman–Crippen MR) is 128 cm³/mol. The molecule has 0 spiro atoms. The van der Waals surface area contributed by atoms with Crippen LogP contribution in [0.25, 0.3) is 0 Å². The van der Waals surface area contributed by atoms with E-state index in [9.17, 15) is 13.2 Å². The number of hydrogen-bond acceptors (Lipinski definition) is 5. The molecule has 0 heterocycles. The lowest BCUT2D eigenvalue weighted by Crippen LogP contribution is -2.36. The molecule has 0 saturated carbocycles. The summed E-state index contributed by atoms with van der Waals surface area (Å²) in [6, 6.07) is -0.380. The highest BCUT2D eigenvalue weighted by atomic mass is 32.3. The maximum Gasteiger partial charge on any atom is 0.400 e. The molecule has 0 aliphatic heterocycles. The van der Waals surface area contributed by atoms with Crippen LogP contribution in [0.2, 0.25) is 0 Å². The summed E-state index contributed by atoms with van der Waals surface area (Å²) < 4.78 is 32.5. The molecule has 1 amide bonds. The quantitative estimate of drug-likeness (QED) is 0.187. The Hall–Kier alpha value is -0.660. The predicted octanol–water partition coefficient (Wildman–Crippen LogP) is 6.44. The first-order valence-electron chi connectivity index (χ1n) is 12.6. The summed E-state index contributed by atoms with van der Waals surface area (Å²) in [6.45, 7) is 7.08. The molecule has 1 unspecified atom stereocenters. The fraction of sp³-hybridized carbons (Fsp3) is 0.958. The molecule has 0 radical (unpaired) electrons. The maximum atomic E-state index is 11.9. The second-order valence-corrected chi connectivity index (χ2v) is 10.3. The lowest BCUT2D eigenvalue weighted by Gasteiger charge is -2.14. The Morgan fingerprint density at radius 2 is 1.16 bits per heavy atom. The molecule has 31 heavy (non-hydrogen) atoms. The Morgan fingerprint density at radius 3 is 1.58 bits per heavy atom. The molecule has 1 N–H and O–H groups in total. The molecule has 0 aliphatic carbocycles. The number of rotatable bonds is 22. The topological polar surface area (TPSA) is 81.7 Å². The number of carbonyl (C=O) groups excluding carboxylic acids is 1. The van der Waals surface area contributed by atoms with Crippen LogP contribution in [-0.4, -0.2) is 33.1 Å². The minimum absolute atomic E-state index is 0.0621. The smallest absolute Gasteiger partial charge is 0.351 e. The molecule has 0 aromatic carbocycles. The zero-order chi connectivity index (χ0) is 23.4. The monoisotopic (exact) mass is 463 g/mol. The van der Waals surface area contributed by atoms with Gasteiger partial charge in [-0.1, -0.05) is 96.8 Å². The Kier molecular flexibility index (Phi) is 19.6. The summed E-state index contributed by atoms with van der Waals surface area (Å²) >= 11 is 0. The molecule has 6 nitrogen and oxygen atoms in total. The van der Waals surface area contributed by atoms with Gasteiger partial charge in [0, 0.05) is 6.42 Å². The average molecular weight is 464 g/mol. The molecule has 0 aromatic heterocycles. The van der Waals surface area contributed by atoms with E-state index in [2.05, 4.69) is 12.2 Å². The van der Waals surface area contributed by atoms with Gasteiger partial charge in [-0.2, -0.15) is 8.42 Å². The number of hydrogen-bond donors (Lipinski definition) is 1. The first kappa shape index (κ1) is 30.3. The zero-order valence-electron chi connectivity index (χ0n) is 20.6. The van der Waals surface area contributed by atoms with E-state index in [0.29, 0.717) is 6.42 Å². The number of amides is 1. The van der Waals surface area contributed by atoms with Crippen molar-refractivity contribution < 1.29 is 21.6 Å². The van der Waals surface area contributed by atoms with Crippen molar-refractivity contribution in [2.24, 2.45) is 0 Å². The lowest BCUT2D eigenvalue weighted by atomic mass is 10.0. The normalized spacial score (nSPS) is 12.9. The van der Waals surface area contributed by atoms with Crippen LogP contribution >= 0.6 is 0 Å². The van der Waals surface area contributed by atoms with Gasteiger partial charge in [-0.15, -0.1) is 0 Å². The van der Waals surface area contributed by atoms with Gasteiger partial charge in [-0.25, -0.2) is 8.37 Å². The van der Waals surface area contributed by atoms with Crippen LogP contribution in [0.3, 0.4) is 0 Å². The van der Waals surface area contributed by atoms with E-state index >= 15 is 0 Å².